The van der Waals surface area contributed by atoms with Gasteiger partial charge in [-0.05, 0) is 63.4 Å². The van der Waals surface area contributed by atoms with Crippen molar-refractivity contribution in [2.24, 2.45) is 0 Å². The van der Waals surface area contributed by atoms with Gasteiger partial charge in [-0.15, -0.1) is 0 Å². The molecule has 0 saturated carbocycles. The Morgan fingerprint density at radius 3 is 2.55 bits per heavy atom. The van der Waals surface area contributed by atoms with Gasteiger partial charge in [0, 0.05) is 14.8 Å². The summed E-state index contributed by atoms with van der Waals surface area (Å²) in [6.07, 6.45) is 0. The maximum Gasteiger partial charge on any atom is 0.101 e. The van der Waals surface area contributed by atoms with Crippen LogP contribution in [0.15, 0.2) is 18.2 Å². The number of nitrogens with two attached hydrogens (primary N) is 1. The Bertz CT molecular complexity index is 296. The summed E-state index contributed by atoms with van der Waals surface area (Å²) in [5.74, 6) is 0. The molecule has 0 radical (unpaired) electrons. The molecule has 0 spiro atoms. The minimum Gasteiger partial charge on any atom is -0.398 e. The van der Waals surface area contributed by atoms with E-state index in [1.54, 1.807) is 0 Å². The van der Waals surface area contributed by atoms with E-state index in [1.807, 2.05) is 40.8 Å². The molecule has 1 aromatic carbocycles. The van der Waals surface area contributed by atoms with Gasteiger partial charge in [0.25, 0.3) is 0 Å². The first-order valence-corrected chi connectivity index (χ1v) is 5.06. The molecule has 0 atom stereocenters. The van der Waals surface area contributed by atoms with Gasteiger partial charge in [-0.25, -0.2) is 0 Å². The molecule has 0 fully saturated rings. The van der Waals surface area contributed by atoms with E-state index in [-0.39, 0.29) is 0 Å². The lowest BCUT2D eigenvalue weighted by Gasteiger charge is -2.01. The van der Waals surface area contributed by atoms with Crippen molar-refractivity contribution in [1.82, 2.24) is 0 Å². The molecule has 0 unspecified atom stereocenters. The molecule has 0 aromatic heterocycles. The first-order valence-electron chi connectivity index (χ1n) is 2.90. The zero-order valence-corrected chi connectivity index (χ0v) is 9.88. The fourth-order valence-corrected chi connectivity index (χ4v) is 1.74. The molecule has 0 aliphatic rings. The van der Waals surface area contributed by atoms with Crippen molar-refractivity contribution in [2.75, 3.05) is 5.73 Å². The number of benzene rings is 1. The highest BCUT2D eigenvalue weighted by Crippen LogP contribution is 2.18. The van der Waals surface area contributed by atoms with Crippen molar-refractivity contribution in [1.29, 1.82) is 5.41 Å². The first kappa shape index (κ1) is 9.24. The smallest absolute Gasteiger partial charge is 0.101 e. The van der Waals surface area contributed by atoms with E-state index < -0.39 is 0 Å². The Balaban J connectivity index is 3.20. The summed E-state index contributed by atoms with van der Waals surface area (Å²) in [7, 11) is 0. The topological polar surface area (TPSA) is 49.9 Å². The summed E-state index contributed by atoms with van der Waals surface area (Å²) >= 11 is 4.14. The van der Waals surface area contributed by atoms with Crippen molar-refractivity contribution >= 4 is 54.6 Å². The van der Waals surface area contributed by atoms with Gasteiger partial charge >= 0.3 is 0 Å². The van der Waals surface area contributed by atoms with E-state index in [0.29, 0.717) is 9.41 Å². The highest BCUT2D eigenvalue weighted by molar-refractivity contribution is 14.1. The van der Waals surface area contributed by atoms with Crippen LogP contribution in [0, 0.1) is 8.98 Å². The molecule has 1 rings (SSSR count). The quantitative estimate of drug-likeness (QED) is 0.445. The van der Waals surface area contributed by atoms with Crippen LogP contribution < -0.4 is 5.73 Å². The Kier molecular flexibility index (Phi) is 3.11. The molecular weight excluding hydrogens is 366 g/mol. The van der Waals surface area contributed by atoms with Gasteiger partial charge < -0.3 is 5.73 Å². The summed E-state index contributed by atoms with van der Waals surface area (Å²) < 4.78 is 1.58. The van der Waals surface area contributed by atoms with Gasteiger partial charge in [0.2, 0.25) is 0 Å². The first-order chi connectivity index (χ1) is 5.11. The minimum atomic E-state index is 0.483. The van der Waals surface area contributed by atoms with Crippen LogP contribution in [0.2, 0.25) is 0 Å². The molecule has 2 nitrogen and oxygen atoms in total. The number of anilines is 1. The minimum absolute atomic E-state index is 0.483. The van der Waals surface area contributed by atoms with Crippen molar-refractivity contribution in [3.8, 4) is 0 Å². The molecular formula is C7H6I2N2. The highest BCUT2D eigenvalue weighted by atomic mass is 127. The zero-order chi connectivity index (χ0) is 8.43. The molecule has 1 aromatic rings. The van der Waals surface area contributed by atoms with Gasteiger partial charge in [0.05, 0.1) is 0 Å². The van der Waals surface area contributed by atoms with E-state index in [2.05, 4.69) is 22.6 Å². The lowest BCUT2D eigenvalue weighted by atomic mass is 10.2. The summed E-state index contributed by atoms with van der Waals surface area (Å²) in [4.78, 5) is 0. The van der Waals surface area contributed by atoms with Crippen LogP contribution in [0.3, 0.4) is 0 Å². The largest absolute Gasteiger partial charge is 0.398 e. The van der Waals surface area contributed by atoms with Gasteiger partial charge in [-0.1, -0.05) is 0 Å². The van der Waals surface area contributed by atoms with E-state index in [1.165, 1.54) is 0 Å². The lowest BCUT2D eigenvalue weighted by Crippen LogP contribution is -1.96. The second kappa shape index (κ2) is 3.70. The second-order valence-corrected chi connectivity index (χ2v) is 4.37. The average molecular weight is 372 g/mol. The molecule has 0 aliphatic heterocycles. The number of rotatable bonds is 1. The summed E-state index contributed by atoms with van der Waals surface area (Å²) in [6.45, 7) is 0. The third-order valence-corrected chi connectivity index (χ3v) is 2.50. The predicted octanol–water partition coefficient (Wildman–Crippen LogP) is 2.63. The standard InChI is InChI=1S/C7H6I2N2/c8-4-1-2-5(7(9)11)6(10)3-4/h1-3,11H,10H2. The molecule has 0 saturated heterocycles. The van der Waals surface area contributed by atoms with E-state index >= 15 is 0 Å². The monoisotopic (exact) mass is 372 g/mol. The van der Waals surface area contributed by atoms with Gasteiger partial charge in [-0.3, -0.25) is 5.41 Å². The Hall–Kier alpha value is 0.150. The van der Waals surface area contributed by atoms with Gasteiger partial charge in [0.1, 0.15) is 3.72 Å². The SMILES string of the molecule is N=C(I)c1ccc(I)cc1N. The summed E-state index contributed by atoms with van der Waals surface area (Å²) in [5.41, 5.74) is 7.16. The van der Waals surface area contributed by atoms with E-state index in [4.69, 9.17) is 11.1 Å². The van der Waals surface area contributed by atoms with Crippen molar-refractivity contribution in [3.63, 3.8) is 0 Å². The fourth-order valence-electron chi connectivity index (χ4n) is 0.733. The number of hydrogen-bond donors (Lipinski definition) is 2. The molecule has 3 N–H and O–H groups in total. The number of nitrogen functional groups attached to an aromatic ring is 1. The Morgan fingerprint density at radius 1 is 1.45 bits per heavy atom. The molecule has 0 amide bonds. The Labute approximate surface area is 92.3 Å². The summed E-state index contributed by atoms with van der Waals surface area (Å²) in [6, 6.07) is 5.68. The Morgan fingerprint density at radius 2 is 2.09 bits per heavy atom. The molecule has 4 heteroatoms. The maximum atomic E-state index is 7.35. The average Bonchev–Trinajstić information content (AvgIpc) is 1.85. The normalized spacial score (nSPS) is 9.64. The lowest BCUT2D eigenvalue weighted by molar-refractivity contribution is 1.52. The molecule has 0 heterocycles. The zero-order valence-electron chi connectivity index (χ0n) is 5.57. The predicted molar refractivity (Wildman–Crippen MR) is 64.4 cm³/mol. The van der Waals surface area contributed by atoms with Crippen LogP contribution in [-0.2, 0) is 0 Å². The van der Waals surface area contributed by atoms with Crippen molar-refractivity contribution < 1.29 is 0 Å². The number of halogens is 2. The fraction of sp³-hybridized carbons (Fsp3) is 0. The van der Waals surface area contributed by atoms with Crippen LogP contribution in [0.5, 0.6) is 0 Å². The second-order valence-electron chi connectivity index (χ2n) is 2.05. The van der Waals surface area contributed by atoms with E-state index in [0.717, 1.165) is 9.13 Å². The highest BCUT2D eigenvalue weighted by Gasteiger charge is 2.01. The van der Waals surface area contributed by atoms with Crippen molar-refractivity contribution in [3.05, 3.63) is 27.3 Å². The van der Waals surface area contributed by atoms with Gasteiger partial charge in [0.15, 0.2) is 0 Å². The van der Waals surface area contributed by atoms with Crippen LogP contribution >= 0.6 is 45.2 Å². The number of nitrogens with one attached hydrogen (secondary N) is 1. The van der Waals surface area contributed by atoms with Crippen molar-refractivity contribution in [2.45, 2.75) is 0 Å². The van der Waals surface area contributed by atoms with E-state index in [9.17, 15) is 0 Å². The third kappa shape index (κ3) is 2.29. The van der Waals surface area contributed by atoms with Crippen LogP contribution in [0.25, 0.3) is 0 Å². The van der Waals surface area contributed by atoms with Gasteiger partial charge in [-0.2, -0.15) is 0 Å². The summed E-state index contributed by atoms with van der Waals surface area (Å²) in [5, 5.41) is 7.35. The molecule has 58 valence electrons. The maximum absolute atomic E-state index is 7.35. The number of hydrogen-bond acceptors (Lipinski definition) is 2. The van der Waals surface area contributed by atoms with Crippen LogP contribution in [0.4, 0.5) is 5.69 Å². The molecule has 11 heavy (non-hydrogen) atoms. The van der Waals surface area contributed by atoms with Crippen LogP contribution in [-0.4, -0.2) is 3.72 Å². The third-order valence-electron chi connectivity index (χ3n) is 1.25. The molecule has 0 aliphatic carbocycles. The molecule has 0 bridgehead atoms. The van der Waals surface area contributed by atoms with Crippen LogP contribution in [0.1, 0.15) is 5.56 Å².